The summed E-state index contributed by atoms with van der Waals surface area (Å²) in [6.07, 6.45) is 5.93. The predicted octanol–water partition coefficient (Wildman–Crippen LogP) is 2.79. The van der Waals surface area contributed by atoms with Gasteiger partial charge in [0.15, 0.2) is 0 Å². The Morgan fingerprint density at radius 2 is 2.00 bits per heavy atom. The van der Waals surface area contributed by atoms with Crippen LogP contribution in [0.25, 0.3) is 0 Å². The molecule has 0 saturated heterocycles. The minimum atomic E-state index is 1.07. The van der Waals surface area contributed by atoms with Gasteiger partial charge < -0.3 is 0 Å². The van der Waals surface area contributed by atoms with E-state index in [-0.39, 0.29) is 0 Å². The summed E-state index contributed by atoms with van der Waals surface area (Å²) < 4.78 is 0. The maximum atomic E-state index is 3.77. The van der Waals surface area contributed by atoms with E-state index in [1.165, 1.54) is 19.3 Å². The van der Waals surface area contributed by atoms with E-state index in [9.17, 15) is 0 Å². The summed E-state index contributed by atoms with van der Waals surface area (Å²) in [6.45, 7) is 5.66. The molecule has 0 aliphatic heterocycles. The zero-order valence-corrected chi connectivity index (χ0v) is 6.24. The van der Waals surface area contributed by atoms with Crippen molar-refractivity contribution >= 4 is 0 Å². The Balaban J connectivity index is 2.80. The van der Waals surface area contributed by atoms with Crippen molar-refractivity contribution in [2.24, 2.45) is 0 Å². The molecule has 0 aromatic rings. The standard InChI is InChI=1S/C9H15/c1-3-5-7-9-8-6-4-2/h1,3,5,7-9H2,2H3. The molecular weight excluding hydrogens is 108 g/mol. The topological polar surface area (TPSA) is 0 Å². The van der Waals surface area contributed by atoms with Gasteiger partial charge in [0.05, 0.1) is 0 Å². The second-order valence-corrected chi connectivity index (χ2v) is 2.09. The molecule has 0 N–H and O–H groups in total. The molecule has 1 radical (unpaired) electrons. The Morgan fingerprint density at radius 3 is 2.56 bits per heavy atom. The minimum Gasteiger partial charge on any atom is -0.107 e. The van der Waals surface area contributed by atoms with E-state index in [0.717, 1.165) is 12.8 Å². The third-order valence-electron chi connectivity index (χ3n) is 1.23. The smallest absolute Gasteiger partial charge is 0.00885 e. The van der Waals surface area contributed by atoms with Crippen molar-refractivity contribution in [3.05, 3.63) is 6.92 Å². The number of hydrogen-bond acceptors (Lipinski definition) is 0. The molecule has 0 nitrogen and oxygen atoms in total. The lowest BCUT2D eigenvalue weighted by Gasteiger charge is -1.90. The Labute approximate surface area is 58.7 Å². The highest BCUT2D eigenvalue weighted by atomic mass is 13.9. The van der Waals surface area contributed by atoms with Crippen LogP contribution in [0, 0.1) is 18.8 Å². The van der Waals surface area contributed by atoms with Crippen LogP contribution in [0.1, 0.15) is 39.0 Å². The van der Waals surface area contributed by atoms with E-state index in [1.807, 2.05) is 6.92 Å². The Bertz CT molecular complexity index is 92.3. The number of unbranched alkanes of at least 4 members (excludes halogenated alkanes) is 4. The van der Waals surface area contributed by atoms with Gasteiger partial charge in [0.2, 0.25) is 0 Å². The van der Waals surface area contributed by atoms with Gasteiger partial charge in [0, 0.05) is 6.42 Å². The second-order valence-electron chi connectivity index (χ2n) is 2.09. The van der Waals surface area contributed by atoms with Crippen LogP contribution in [-0.2, 0) is 0 Å². The summed E-state index contributed by atoms with van der Waals surface area (Å²) in [6, 6.07) is 0. The van der Waals surface area contributed by atoms with Crippen molar-refractivity contribution in [1.82, 2.24) is 0 Å². The molecule has 0 aromatic carbocycles. The van der Waals surface area contributed by atoms with Crippen molar-refractivity contribution in [2.75, 3.05) is 0 Å². The van der Waals surface area contributed by atoms with Crippen LogP contribution in [0.2, 0.25) is 0 Å². The van der Waals surface area contributed by atoms with Crippen LogP contribution in [-0.4, -0.2) is 0 Å². The van der Waals surface area contributed by atoms with Gasteiger partial charge in [-0.15, -0.1) is 11.8 Å². The SMILES string of the molecule is [CH2]CCCCCC#CC. The zero-order valence-electron chi connectivity index (χ0n) is 6.24. The highest BCUT2D eigenvalue weighted by molar-refractivity contribution is 4.94. The van der Waals surface area contributed by atoms with Gasteiger partial charge >= 0.3 is 0 Å². The third kappa shape index (κ3) is 7.56. The van der Waals surface area contributed by atoms with Gasteiger partial charge in [-0.1, -0.05) is 26.2 Å². The van der Waals surface area contributed by atoms with Crippen LogP contribution < -0.4 is 0 Å². The predicted molar refractivity (Wildman–Crippen MR) is 41.9 cm³/mol. The van der Waals surface area contributed by atoms with Crippen LogP contribution >= 0.6 is 0 Å². The van der Waals surface area contributed by atoms with E-state index in [0.29, 0.717) is 0 Å². The molecule has 0 amide bonds. The Kier molecular flexibility index (Phi) is 7.19. The van der Waals surface area contributed by atoms with E-state index < -0.39 is 0 Å². The first kappa shape index (κ1) is 8.56. The summed E-state index contributed by atoms with van der Waals surface area (Å²) in [5.74, 6) is 5.92. The molecule has 0 bridgehead atoms. The molecule has 0 heterocycles. The molecule has 0 saturated carbocycles. The normalized spacial score (nSPS) is 8.22. The molecule has 9 heavy (non-hydrogen) atoms. The number of hydrogen-bond donors (Lipinski definition) is 0. The van der Waals surface area contributed by atoms with E-state index in [4.69, 9.17) is 0 Å². The van der Waals surface area contributed by atoms with E-state index in [1.54, 1.807) is 0 Å². The van der Waals surface area contributed by atoms with Gasteiger partial charge in [-0.2, -0.15) is 0 Å². The van der Waals surface area contributed by atoms with Crippen molar-refractivity contribution in [2.45, 2.75) is 39.0 Å². The van der Waals surface area contributed by atoms with Crippen molar-refractivity contribution in [3.63, 3.8) is 0 Å². The first-order chi connectivity index (χ1) is 4.41. The quantitative estimate of drug-likeness (QED) is 0.398. The molecule has 0 aromatic heterocycles. The third-order valence-corrected chi connectivity index (χ3v) is 1.23. The second kappa shape index (κ2) is 7.56. The van der Waals surface area contributed by atoms with Crippen molar-refractivity contribution in [1.29, 1.82) is 0 Å². The van der Waals surface area contributed by atoms with E-state index >= 15 is 0 Å². The largest absolute Gasteiger partial charge is 0.107 e. The summed E-state index contributed by atoms with van der Waals surface area (Å²) in [5, 5.41) is 0. The minimum absolute atomic E-state index is 1.07. The molecule has 0 unspecified atom stereocenters. The first-order valence-corrected chi connectivity index (χ1v) is 3.60. The monoisotopic (exact) mass is 123 g/mol. The zero-order chi connectivity index (χ0) is 6.95. The maximum Gasteiger partial charge on any atom is 0.00885 e. The van der Waals surface area contributed by atoms with Gasteiger partial charge in [0.1, 0.15) is 0 Å². The van der Waals surface area contributed by atoms with Gasteiger partial charge in [-0.05, 0) is 13.3 Å². The van der Waals surface area contributed by atoms with Crippen LogP contribution in [0.3, 0.4) is 0 Å². The molecule has 0 rings (SSSR count). The molecule has 51 valence electrons. The first-order valence-electron chi connectivity index (χ1n) is 3.60. The average Bonchev–Trinajstić information content (AvgIpc) is 1.89. The fraction of sp³-hybridized carbons (Fsp3) is 0.667. The van der Waals surface area contributed by atoms with Crippen molar-refractivity contribution < 1.29 is 0 Å². The molecule has 0 fully saturated rings. The van der Waals surface area contributed by atoms with Crippen molar-refractivity contribution in [3.8, 4) is 11.8 Å². The molecule has 0 aliphatic carbocycles. The molecular formula is C9H15. The lowest BCUT2D eigenvalue weighted by atomic mass is 10.2. The van der Waals surface area contributed by atoms with E-state index in [2.05, 4.69) is 18.8 Å². The summed E-state index contributed by atoms with van der Waals surface area (Å²) in [7, 11) is 0. The van der Waals surface area contributed by atoms with Crippen LogP contribution in [0.5, 0.6) is 0 Å². The fourth-order valence-corrected chi connectivity index (χ4v) is 0.692. The van der Waals surface area contributed by atoms with Crippen LogP contribution in [0.15, 0.2) is 0 Å². The highest BCUT2D eigenvalue weighted by Gasteiger charge is 1.82. The van der Waals surface area contributed by atoms with Gasteiger partial charge in [-0.25, -0.2) is 0 Å². The van der Waals surface area contributed by atoms with Crippen LogP contribution in [0.4, 0.5) is 0 Å². The van der Waals surface area contributed by atoms with Gasteiger partial charge in [0.25, 0.3) is 0 Å². The Hall–Kier alpha value is -0.440. The summed E-state index contributed by atoms with van der Waals surface area (Å²) in [4.78, 5) is 0. The average molecular weight is 123 g/mol. The lowest BCUT2D eigenvalue weighted by molar-refractivity contribution is 0.701. The van der Waals surface area contributed by atoms with Gasteiger partial charge in [-0.3, -0.25) is 0 Å². The highest BCUT2D eigenvalue weighted by Crippen LogP contribution is 2.00. The fourth-order valence-electron chi connectivity index (χ4n) is 0.692. The molecule has 0 heteroatoms. The number of rotatable bonds is 4. The summed E-state index contributed by atoms with van der Waals surface area (Å²) >= 11 is 0. The Morgan fingerprint density at radius 1 is 1.22 bits per heavy atom. The molecule has 0 spiro atoms. The maximum absolute atomic E-state index is 3.77. The summed E-state index contributed by atoms with van der Waals surface area (Å²) in [5.41, 5.74) is 0. The lowest BCUT2D eigenvalue weighted by Crippen LogP contribution is -1.73. The molecule has 0 aliphatic rings. The molecule has 0 atom stereocenters.